The van der Waals surface area contributed by atoms with Crippen LogP contribution in [0.4, 0.5) is 17.3 Å². The van der Waals surface area contributed by atoms with Crippen molar-refractivity contribution >= 4 is 23.2 Å². The van der Waals surface area contributed by atoms with Crippen LogP contribution >= 0.6 is 0 Å². The second-order valence-electron chi connectivity index (χ2n) is 10.3. The lowest BCUT2D eigenvalue weighted by atomic mass is 10.0. The van der Waals surface area contributed by atoms with Gasteiger partial charge in [-0.3, -0.25) is 9.69 Å². The number of hydrogen-bond donors (Lipinski definition) is 2. The van der Waals surface area contributed by atoms with E-state index in [2.05, 4.69) is 67.5 Å². The van der Waals surface area contributed by atoms with Crippen LogP contribution in [0.25, 0.3) is 11.3 Å². The third-order valence-corrected chi connectivity index (χ3v) is 7.23. The first-order valence-electron chi connectivity index (χ1n) is 13.1. The van der Waals surface area contributed by atoms with Gasteiger partial charge in [0.2, 0.25) is 5.95 Å². The monoisotopic (exact) mass is 522 g/mol. The first kappa shape index (κ1) is 26.4. The summed E-state index contributed by atoms with van der Waals surface area (Å²) in [5, 5.41) is 6.31. The highest BCUT2D eigenvalue weighted by atomic mass is 16.1. The zero-order valence-electron chi connectivity index (χ0n) is 22.8. The maximum absolute atomic E-state index is 13.1. The summed E-state index contributed by atoms with van der Waals surface area (Å²) < 4.78 is 0. The van der Waals surface area contributed by atoms with Gasteiger partial charge in [0, 0.05) is 66.8 Å². The molecule has 9 nitrogen and oxygen atoms in total. The third-order valence-electron chi connectivity index (χ3n) is 7.23. The fourth-order valence-electron chi connectivity index (χ4n) is 4.80. The van der Waals surface area contributed by atoms with E-state index < -0.39 is 0 Å². The average Bonchev–Trinajstić information content (AvgIpc) is 3.41. The van der Waals surface area contributed by atoms with Crippen molar-refractivity contribution in [2.24, 2.45) is 0 Å². The molecule has 1 atom stereocenters. The second kappa shape index (κ2) is 11.7. The molecule has 2 aromatic heterocycles. The average molecular weight is 523 g/mol. The Labute approximate surface area is 229 Å². The van der Waals surface area contributed by atoms with Gasteiger partial charge in [-0.15, -0.1) is 0 Å². The molecule has 5 rings (SSSR count). The lowest BCUT2D eigenvalue weighted by molar-refractivity contribution is 0.102. The van der Waals surface area contributed by atoms with Crippen LogP contribution < -0.4 is 10.6 Å². The molecular weight excluding hydrogens is 488 g/mol. The van der Waals surface area contributed by atoms with E-state index in [0.29, 0.717) is 23.2 Å². The Morgan fingerprint density at radius 3 is 2.62 bits per heavy atom. The van der Waals surface area contributed by atoms with E-state index in [1.165, 1.54) is 18.3 Å². The van der Waals surface area contributed by atoms with E-state index in [4.69, 9.17) is 0 Å². The fraction of sp³-hybridized carbons (Fsp3) is 0.300. The Morgan fingerprint density at radius 2 is 1.87 bits per heavy atom. The van der Waals surface area contributed by atoms with E-state index in [1.54, 1.807) is 18.6 Å². The number of nitrogens with one attached hydrogen (secondary N) is 2. The smallest absolute Gasteiger partial charge is 0.255 e. The zero-order chi connectivity index (χ0) is 27.4. The Balaban J connectivity index is 1.25. The fourth-order valence-corrected chi connectivity index (χ4v) is 4.80. The molecule has 0 spiro atoms. The molecule has 0 aliphatic carbocycles. The first-order chi connectivity index (χ1) is 18.9. The van der Waals surface area contributed by atoms with Crippen molar-refractivity contribution in [3.8, 4) is 11.3 Å². The van der Waals surface area contributed by atoms with Gasteiger partial charge in [0.05, 0.1) is 5.69 Å². The number of rotatable bonds is 8. The minimum Gasteiger partial charge on any atom is -0.324 e. The summed E-state index contributed by atoms with van der Waals surface area (Å²) in [4.78, 5) is 35.0. The number of amides is 1. The number of benzene rings is 2. The van der Waals surface area contributed by atoms with Crippen LogP contribution in [0.15, 0.2) is 67.4 Å². The normalized spacial score (nSPS) is 15.5. The maximum Gasteiger partial charge on any atom is 0.255 e. The number of carbonyl (C=O) groups is 1. The molecule has 0 radical (unpaired) electrons. The Morgan fingerprint density at radius 1 is 1.05 bits per heavy atom. The van der Waals surface area contributed by atoms with E-state index in [0.717, 1.165) is 47.7 Å². The molecule has 1 amide bonds. The van der Waals surface area contributed by atoms with Gasteiger partial charge in [-0.1, -0.05) is 12.1 Å². The standard InChI is InChI=1S/C30H34N8O/c1-20-5-8-25(14-28(20)36-30-33-11-9-27(35-30)24-15-31-19-32-16-24)34-29(39)22-6-7-23(21(2)13-22)17-38-12-10-26(18-38)37(3)4/h5-9,11,13-16,19,26H,10,12,17-18H2,1-4H3,(H,34,39)(H,33,35,36). The molecule has 39 heavy (non-hydrogen) atoms. The van der Waals surface area contributed by atoms with E-state index >= 15 is 0 Å². The summed E-state index contributed by atoms with van der Waals surface area (Å²) >= 11 is 0. The Hall–Kier alpha value is -4.21. The predicted octanol–water partition coefficient (Wildman–Crippen LogP) is 4.68. The molecule has 2 N–H and O–H groups in total. The molecule has 3 heterocycles. The molecule has 0 saturated carbocycles. The van der Waals surface area contributed by atoms with Gasteiger partial charge in [0.1, 0.15) is 6.33 Å². The van der Waals surface area contributed by atoms with Crippen molar-refractivity contribution in [3.63, 3.8) is 0 Å². The lowest BCUT2D eigenvalue weighted by Gasteiger charge is -2.21. The van der Waals surface area contributed by atoms with Gasteiger partial charge in [-0.25, -0.2) is 19.9 Å². The van der Waals surface area contributed by atoms with Crippen LogP contribution in [0, 0.1) is 13.8 Å². The third kappa shape index (κ3) is 6.45. The van der Waals surface area contributed by atoms with Gasteiger partial charge in [-0.2, -0.15) is 0 Å². The largest absolute Gasteiger partial charge is 0.324 e. The van der Waals surface area contributed by atoms with Gasteiger partial charge < -0.3 is 15.5 Å². The first-order valence-corrected chi connectivity index (χ1v) is 13.1. The zero-order valence-corrected chi connectivity index (χ0v) is 22.8. The number of hydrogen-bond acceptors (Lipinski definition) is 8. The van der Waals surface area contributed by atoms with Gasteiger partial charge in [-0.05, 0) is 81.4 Å². The van der Waals surface area contributed by atoms with Crippen LogP contribution in [-0.4, -0.2) is 68.9 Å². The number of anilines is 3. The topological polar surface area (TPSA) is 99.2 Å². The second-order valence-corrected chi connectivity index (χ2v) is 10.3. The van der Waals surface area contributed by atoms with Crippen LogP contribution in [-0.2, 0) is 6.54 Å². The van der Waals surface area contributed by atoms with Crippen LogP contribution in [0.1, 0.15) is 33.5 Å². The van der Waals surface area contributed by atoms with Crippen molar-refractivity contribution in [2.75, 3.05) is 37.8 Å². The van der Waals surface area contributed by atoms with Crippen molar-refractivity contribution in [1.29, 1.82) is 0 Å². The van der Waals surface area contributed by atoms with Gasteiger partial charge in [0.15, 0.2) is 0 Å². The molecule has 1 aliphatic heterocycles. The summed E-state index contributed by atoms with van der Waals surface area (Å²) in [5.41, 5.74) is 7.05. The van der Waals surface area contributed by atoms with Crippen LogP contribution in [0.3, 0.4) is 0 Å². The van der Waals surface area contributed by atoms with E-state index in [1.807, 2.05) is 43.3 Å². The molecular formula is C30H34N8O. The predicted molar refractivity (Wildman–Crippen MR) is 154 cm³/mol. The molecule has 1 saturated heterocycles. The number of carbonyl (C=O) groups excluding carboxylic acids is 1. The highest BCUT2D eigenvalue weighted by molar-refractivity contribution is 6.04. The number of likely N-dealkylation sites (N-methyl/N-ethyl adjacent to an activating group) is 1. The number of likely N-dealkylation sites (tertiary alicyclic amines) is 1. The van der Waals surface area contributed by atoms with Crippen LogP contribution in [0.2, 0.25) is 0 Å². The summed E-state index contributed by atoms with van der Waals surface area (Å²) in [7, 11) is 4.29. The minimum absolute atomic E-state index is 0.143. The molecule has 4 aromatic rings. The minimum atomic E-state index is -0.143. The van der Waals surface area contributed by atoms with Gasteiger partial charge >= 0.3 is 0 Å². The number of nitrogens with zero attached hydrogens (tertiary/aromatic N) is 6. The Bertz CT molecular complexity index is 1460. The van der Waals surface area contributed by atoms with Crippen molar-refractivity contribution < 1.29 is 4.79 Å². The number of aryl methyl sites for hydroxylation is 2. The summed E-state index contributed by atoms with van der Waals surface area (Å²) in [6, 6.07) is 14.1. The van der Waals surface area contributed by atoms with Crippen LogP contribution in [0.5, 0.6) is 0 Å². The summed E-state index contributed by atoms with van der Waals surface area (Å²) in [6.07, 6.45) is 7.79. The molecule has 2 aromatic carbocycles. The summed E-state index contributed by atoms with van der Waals surface area (Å²) in [6.45, 7) is 7.16. The molecule has 9 heteroatoms. The van der Waals surface area contributed by atoms with Crippen molar-refractivity contribution in [3.05, 3.63) is 89.6 Å². The quantitative estimate of drug-likeness (QED) is 0.344. The maximum atomic E-state index is 13.1. The van der Waals surface area contributed by atoms with E-state index in [-0.39, 0.29) is 5.91 Å². The molecule has 1 unspecified atom stereocenters. The molecule has 200 valence electrons. The number of aromatic nitrogens is 4. The summed E-state index contributed by atoms with van der Waals surface area (Å²) in [5.74, 6) is 0.305. The van der Waals surface area contributed by atoms with Gasteiger partial charge in [0.25, 0.3) is 5.91 Å². The lowest BCUT2D eigenvalue weighted by Crippen LogP contribution is -2.31. The van der Waals surface area contributed by atoms with Crippen molar-refractivity contribution in [2.45, 2.75) is 32.9 Å². The highest BCUT2D eigenvalue weighted by Crippen LogP contribution is 2.25. The molecule has 0 bridgehead atoms. The molecule has 1 aliphatic rings. The van der Waals surface area contributed by atoms with Crippen molar-refractivity contribution in [1.82, 2.24) is 29.7 Å². The SMILES string of the molecule is Cc1cc(C(=O)Nc2ccc(C)c(Nc3nccc(-c4cncnc4)n3)c2)ccc1CN1CCC(N(C)C)C1. The Kier molecular flexibility index (Phi) is 7.90. The van der Waals surface area contributed by atoms with E-state index in [9.17, 15) is 4.79 Å². The molecule has 1 fully saturated rings. The highest BCUT2D eigenvalue weighted by Gasteiger charge is 2.24.